The molecule has 1 aliphatic rings. The molecular weight excluding hydrogens is 210 g/mol. The molecule has 0 aliphatic carbocycles. The van der Waals surface area contributed by atoms with Gasteiger partial charge in [0, 0.05) is 24.2 Å². The van der Waals surface area contributed by atoms with Crippen molar-refractivity contribution >= 4 is 0 Å². The SMILES string of the molecule is Cc1cn(C2C[C@H](N)C(C)O2)c(=O)[nH]c1=O. The quantitative estimate of drug-likeness (QED) is 0.673. The lowest BCUT2D eigenvalue weighted by Crippen LogP contribution is -2.33. The summed E-state index contributed by atoms with van der Waals surface area (Å²) in [6.45, 7) is 3.52. The highest BCUT2D eigenvalue weighted by Gasteiger charge is 2.31. The summed E-state index contributed by atoms with van der Waals surface area (Å²) in [4.78, 5) is 25.0. The number of aryl methyl sites for hydroxylation is 1. The van der Waals surface area contributed by atoms with Crippen molar-refractivity contribution in [3.05, 3.63) is 32.6 Å². The third kappa shape index (κ3) is 1.81. The molecule has 0 aromatic carbocycles. The van der Waals surface area contributed by atoms with Gasteiger partial charge in [0.15, 0.2) is 0 Å². The molecule has 0 spiro atoms. The molecule has 16 heavy (non-hydrogen) atoms. The number of aromatic amines is 1. The van der Waals surface area contributed by atoms with Gasteiger partial charge >= 0.3 is 5.69 Å². The van der Waals surface area contributed by atoms with Crippen LogP contribution < -0.4 is 17.0 Å². The summed E-state index contributed by atoms with van der Waals surface area (Å²) in [6.07, 6.45) is 1.63. The second kappa shape index (κ2) is 3.88. The number of nitrogens with zero attached hydrogens (tertiary/aromatic N) is 1. The Morgan fingerprint density at radius 2 is 2.25 bits per heavy atom. The highest BCUT2D eigenvalue weighted by molar-refractivity contribution is 5.02. The summed E-state index contributed by atoms with van der Waals surface area (Å²) in [5.74, 6) is 0. The maximum atomic E-state index is 11.6. The monoisotopic (exact) mass is 225 g/mol. The normalized spacial score (nSPS) is 29.6. The molecular formula is C10H15N3O3. The van der Waals surface area contributed by atoms with E-state index in [1.54, 1.807) is 6.92 Å². The Kier molecular flexibility index (Phi) is 2.69. The summed E-state index contributed by atoms with van der Waals surface area (Å²) >= 11 is 0. The molecule has 1 aromatic heterocycles. The van der Waals surface area contributed by atoms with E-state index in [0.29, 0.717) is 12.0 Å². The summed E-state index contributed by atoms with van der Waals surface area (Å²) < 4.78 is 6.94. The number of rotatable bonds is 1. The van der Waals surface area contributed by atoms with Gasteiger partial charge in [-0.25, -0.2) is 4.79 Å². The lowest BCUT2D eigenvalue weighted by Gasteiger charge is -2.13. The van der Waals surface area contributed by atoms with E-state index in [1.165, 1.54) is 10.8 Å². The lowest BCUT2D eigenvalue weighted by molar-refractivity contribution is 0.00598. The Bertz CT molecular complexity index is 495. The van der Waals surface area contributed by atoms with Crippen LogP contribution in [0.15, 0.2) is 15.8 Å². The molecule has 6 nitrogen and oxygen atoms in total. The summed E-state index contributed by atoms with van der Waals surface area (Å²) in [5, 5.41) is 0. The average Bonchev–Trinajstić information content (AvgIpc) is 2.53. The number of hydrogen-bond donors (Lipinski definition) is 2. The van der Waals surface area contributed by atoms with Gasteiger partial charge in [0.2, 0.25) is 0 Å². The molecule has 1 saturated heterocycles. The van der Waals surface area contributed by atoms with E-state index in [4.69, 9.17) is 10.5 Å². The Labute approximate surface area is 92.0 Å². The van der Waals surface area contributed by atoms with Gasteiger partial charge in [-0.15, -0.1) is 0 Å². The van der Waals surface area contributed by atoms with Crippen LogP contribution in [0.3, 0.4) is 0 Å². The van der Waals surface area contributed by atoms with Gasteiger partial charge in [-0.05, 0) is 13.8 Å². The van der Waals surface area contributed by atoms with Crippen molar-refractivity contribution < 1.29 is 4.74 Å². The van der Waals surface area contributed by atoms with Gasteiger partial charge in [-0.3, -0.25) is 14.3 Å². The molecule has 0 saturated carbocycles. The molecule has 0 radical (unpaired) electrons. The van der Waals surface area contributed by atoms with E-state index < -0.39 is 5.69 Å². The van der Waals surface area contributed by atoms with E-state index in [1.807, 2.05) is 6.92 Å². The first-order valence-electron chi connectivity index (χ1n) is 5.22. The number of nitrogens with two attached hydrogens (primary N) is 1. The molecule has 2 unspecified atom stereocenters. The van der Waals surface area contributed by atoms with Crippen LogP contribution in [0, 0.1) is 6.92 Å². The van der Waals surface area contributed by atoms with E-state index >= 15 is 0 Å². The van der Waals surface area contributed by atoms with Crippen LogP contribution in [0.5, 0.6) is 0 Å². The molecule has 88 valence electrons. The molecule has 0 amide bonds. The minimum atomic E-state index is -0.457. The third-order valence-electron chi connectivity index (χ3n) is 2.90. The zero-order chi connectivity index (χ0) is 11.9. The highest BCUT2D eigenvalue weighted by Crippen LogP contribution is 2.25. The lowest BCUT2D eigenvalue weighted by atomic mass is 10.2. The maximum Gasteiger partial charge on any atom is 0.330 e. The van der Waals surface area contributed by atoms with Gasteiger partial charge in [0.05, 0.1) is 6.10 Å². The number of H-pyrrole nitrogens is 1. The Hall–Kier alpha value is -1.40. The van der Waals surface area contributed by atoms with Gasteiger partial charge in [-0.2, -0.15) is 0 Å². The Morgan fingerprint density at radius 1 is 1.56 bits per heavy atom. The zero-order valence-corrected chi connectivity index (χ0v) is 9.27. The molecule has 1 fully saturated rings. The highest BCUT2D eigenvalue weighted by atomic mass is 16.5. The minimum Gasteiger partial charge on any atom is -0.353 e. The van der Waals surface area contributed by atoms with Crippen molar-refractivity contribution in [2.75, 3.05) is 0 Å². The maximum absolute atomic E-state index is 11.6. The number of ether oxygens (including phenoxy) is 1. The topological polar surface area (TPSA) is 90.1 Å². The van der Waals surface area contributed by atoms with E-state index in [-0.39, 0.29) is 23.9 Å². The van der Waals surface area contributed by atoms with Crippen molar-refractivity contribution in [3.63, 3.8) is 0 Å². The van der Waals surface area contributed by atoms with Crippen LogP contribution >= 0.6 is 0 Å². The molecule has 1 aromatic rings. The van der Waals surface area contributed by atoms with Crippen molar-refractivity contribution in [1.82, 2.24) is 9.55 Å². The molecule has 1 aliphatic heterocycles. The number of aromatic nitrogens is 2. The van der Waals surface area contributed by atoms with E-state index in [2.05, 4.69) is 4.98 Å². The molecule has 2 rings (SSSR count). The molecule has 3 atom stereocenters. The smallest absolute Gasteiger partial charge is 0.330 e. The van der Waals surface area contributed by atoms with Crippen LogP contribution in [0.4, 0.5) is 0 Å². The number of hydrogen-bond acceptors (Lipinski definition) is 4. The summed E-state index contributed by atoms with van der Waals surface area (Å²) in [7, 11) is 0. The van der Waals surface area contributed by atoms with E-state index in [0.717, 1.165) is 0 Å². The first-order valence-corrected chi connectivity index (χ1v) is 5.22. The van der Waals surface area contributed by atoms with Crippen molar-refractivity contribution in [1.29, 1.82) is 0 Å². The van der Waals surface area contributed by atoms with Crippen LogP contribution in [-0.2, 0) is 4.74 Å². The van der Waals surface area contributed by atoms with Crippen LogP contribution in [0.1, 0.15) is 25.1 Å². The van der Waals surface area contributed by atoms with E-state index in [9.17, 15) is 9.59 Å². The van der Waals surface area contributed by atoms with Crippen molar-refractivity contribution in [3.8, 4) is 0 Å². The summed E-state index contributed by atoms with van der Waals surface area (Å²) in [6, 6.07) is -0.0795. The van der Waals surface area contributed by atoms with Crippen LogP contribution in [-0.4, -0.2) is 21.7 Å². The number of nitrogens with one attached hydrogen (secondary N) is 1. The third-order valence-corrected chi connectivity index (χ3v) is 2.90. The first-order chi connectivity index (χ1) is 7.49. The van der Waals surface area contributed by atoms with Crippen LogP contribution in [0.25, 0.3) is 0 Å². The average molecular weight is 225 g/mol. The minimum absolute atomic E-state index is 0.0795. The first kappa shape index (κ1) is 11.1. The molecule has 6 heteroatoms. The Balaban J connectivity index is 2.39. The van der Waals surface area contributed by atoms with Gasteiger partial charge in [-0.1, -0.05) is 0 Å². The van der Waals surface area contributed by atoms with Gasteiger partial charge in [0.1, 0.15) is 6.23 Å². The summed E-state index contributed by atoms with van der Waals surface area (Å²) in [5.41, 5.74) is 5.47. The van der Waals surface area contributed by atoms with Gasteiger partial charge in [0.25, 0.3) is 5.56 Å². The fourth-order valence-electron chi connectivity index (χ4n) is 1.81. The predicted molar refractivity (Wildman–Crippen MR) is 58.2 cm³/mol. The largest absolute Gasteiger partial charge is 0.353 e. The standard InChI is InChI=1S/C10H15N3O3/c1-5-4-13(10(15)12-9(5)14)8-3-7(11)6(2)16-8/h4,6-8H,3,11H2,1-2H3,(H,12,14,15)/t6?,7-,8?/m0/s1. The molecule has 2 heterocycles. The second-order valence-corrected chi connectivity index (χ2v) is 4.17. The molecule has 3 N–H and O–H groups in total. The Morgan fingerprint density at radius 3 is 2.81 bits per heavy atom. The second-order valence-electron chi connectivity index (χ2n) is 4.17. The van der Waals surface area contributed by atoms with Crippen LogP contribution in [0.2, 0.25) is 0 Å². The fourth-order valence-corrected chi connectivity index (χ4v) is 1.81. The van der Waals surface area contributed by atoms with Crippen molar-refractivity contribution in [2.45, 2.75) is 38.6 Å². The predicted octanol–water partition coefficient (Wildman–Crippen LogP) is -0.520. The van der Waals surface area contributed by atoms with Crippen molar-refractivity contribution in [2.24, 2.45) is 5.73 Å². The zero-order valence-electron chi connectivity index (χ0n) is 9.27. The molecule has 0 bridgehead atoms. The fraction of sp³-hybridized carbons (Fsp3) is 0.600. The van der Waals surface area contributed by atoms with Gasteiger partial charge < -0.3 is 10.5 Å².